The van der Waals surface area contributed by atoms with E-state index in [2.05, 4.69) is 22.3 Å². The molecule has 25 heavy (non-hydrogen) atoms. The Morgan fingerprint density at radius 3 is 2.84 bits per heavy atom. The lowest BCUT2D eigenvalue weighted by atomic mass is 9.92. The second kappa shape index (κ2) is 7.31. The molecule has 1 aromatic heterocycles. The number of ketones is 1. The summed E-state index contributed by atoms with van der Waals surface area (Å²) < 4.78 is 7.32. The SMILES string of the molecule is CCCSc1nc2n(n1)C(c1ccccc1OC)C(C(C)=O)=C(C)N2. The van der Waals surface area contributed by atoms with Gasteiger partial charge in [-0.05, 0) is 26.3 Å². The van der Waals surface area contributed by atoms with Crippen molar-refractivity contribution in [3.63, 3.8) is 0 Å². The zero-order valence-electron chi connectivity index (χ0n) is 14.9. The van der Waals surface area contributed by atoms with Crippen LogP contribution in [0.25, 0.3) is 0 Å². The zero-order valence-corrected chi connectivity index (χ0v) is 15.7. The molecule has 2 aromatic rings. The van der Waals surface area contributed by atoms with Gasteiger partial charge in [0.05, 0.1) is 7.11 Å². The maximum atomic E-state index is 12.4. The molecule has 0 bridgehead atoms. The van der Waals surface area contributed by atoms with E-state index in [1.54, 1.807) is 30.5 Å². The Hall–Kier alpha value is -2.28. The van der Waals surface area contributed by atoms with Gasteiger partial charge in [-0.1, -0.05) is 36.9 Å². The number of hydrogen-bond donors (Lipinski definition) is 1. The number of carbonyl (C=O) groups is 1. The number of aromatic nitrogens is 3. The van der Waals surface area contributed by atoms with Crippen LogP contribution in [0.3, 0.4) is 0 Å². The molecule has 3 rings (SSSR count). The van der Waals surface area contributed by atoms with Gasteiger partial charge in [-0.3, -0.25) is 4.79 Å². The number of methoxy groups -OCH3 is 1. The summed E-state index contributed by atoms with van der Waals surface area (Å²) in [7, 11) is 1.63. The standard InChI is InChI=1S/C18H22N4O2S/c1-5-10-25-18-20-17-19-11(2)15(12(3)23)16(22(17)21-18)13-8-6-7-9-14(13)24-4/h6-9,16H,5,10H2,1-4H3,(H,19,20,21). The van der Waals surface area contributed by atoms with Gasteiger partial charge in [-0.25, -0.2) is 4.68 Å². The van der Waals surface area contributed by atoms with Crippen molar-refractivity contribution in [1.29, 1.82) is 0 Å². The van der Waals surface area contributed by atoms with Crippen molar-refractivity contribution in [3.8, 4) is 5.75 Å². The van der Waals surface area contributed by atoms with Crippen LogP contribution in [0.15, 0.2) is 40.7 Å². The van der Waals surface area contributed by atoms with Gasteiger partial charge >= 0.3 is 0 Å². The van der Waals surface area contributed by atoms with Crippen LogP contribution in [0.5, 0.6) is 5.75 Å². The number of nitrogens with one attached hydrogen (secondary N) is 1. The second-order valence-corrected chi connectivity index (χ2v) is 6.94. The van der Waals surface area contributed by atoms with Gasteiger partial charge < -0.3 is 10.1 Å². The number of ether oxygens (including phenoxy) is 1. The Morgan fingerprint density at radius 1 is 1.40 bits per heavy atom. The minimum atomic E-state index is -0.353. The van der Waals surface area contributed by atoms with Crippen molar-refractivity contribution in [1.82, 2.24) is 14.8 Å². The summed E-state index contributed by atoms with van der Waals surface area (Å²) in [4.78, 5) is 17.0. The average molecular weight is 358 g/mol. The Kier molecular flexibility index (Phi) is 5.13. The minimum absolute atomic E-state index is 0.00446. The molecular weight excluding hydrogens is 336 g/mol. The first-order chi connectivity index (χ1) is 12.1. The van der Waals surface area contributed by atoms with E-state index in [4.69, 9.17) is 4.74 Å². The summed E-state index contributed by atoms with van der Waals surface area (Å²) in [6.07, 6.45) is 1.05. The fourth-order valence-electron chi connectivity index (χ4n) is 3.02. The molecule has 1 aliphatic rings. The third kappa shape index (κ3) is 3.28. The summed E-state index contributed by atoms with van der Waals surface area (Å²) in [6.45, 7) is 5.60. The number of allylic oxidation sites excluding steroid dienone is 2. The van der Waals surface area contributed by atoms with E-state index in [-0.39, 0.29) is 11.8 Å². The normalized spacial score (nSPS) is 16.4. The first kappa shape index (κ1) is 17.5. The van der Waals surface area contributed by atoms with E-state index in [1.807, 2.05) is 31.2 Å². The van der Waals surface area contributed by atoms with Gasteiger partial charge in [-0.15, -0.1) is 5.10 Å². The molecule has 0 aliphatic carbocycles. The highest BCUT2D eigenvalue weighted by atomic mass is 32.2. The zero-order chi connectivity index (χ0) is 18.0. The smallest absolute Gasteiger partial charge is 0.227 e. The molecular formula is C18H22N4O2S. The number of Topliss-reactive ketones (excluding diaryl/α,β-unsaturated/α-hetero) is 1. The van der Waals surface area contributed by atoms with Crippen LogP contribution in [0.1, 0.15) is 38.8 Å². The monoisotopic (exact) mass is 358 g/mol. The van der Waals surface area contributed by atoms with Crippen LogP contribution >= 0.6 is 11.8 Å². The van der Waals surface area contributed by atoms with Crippen LogP contribution in [-0.4, -0.2) is 33.4 Å². The molecule has 0 radical (unpaired) electrons. The number of nitrogens with zero attached hydrogens (tertiary/aromatic N) is 3. The van der Waals surface area contributed by atoms with E-state index in [1.165, 1.54) is 0 Å². The van der Waals surface area contributed by atoms with E-state index in [0.717, 1.165) is 29.2 Å². The Labute approximate surface area is 151 Å². The number of fused-ring (bicyclic) bond motifs is 1. The molecule has 1 atom stereocenters. The number of thioether (sulfide) groups is 1. The number of anilines is 1. The third-order valence-corrected chi connectivity index (χ3v) is 5.12. The van der Waals surface area contributed by atoms with E-state index < -0.39 is 0 Å². The molecule has 7 heteroatoms. The second-order valence-electron chi connectivity index (χ2n) is 5.88. The Bertz CT molecular complexity index is 828. The molecule has 1 aromatic carbocycles. The molecule has 0 spiro atoms. The highest BCUT2D eigenvalue weighted by Crippen LogP contribution is 2.39. The number of hydrogen-bond acceptors (Lipinski definition) is 6. The molecule has 132 valence electrons. The first-order valence-electron chi connectivity index (χ1n) is 8.27. The summed E-state index contributed by atoms with van der Waals surface area (Å²) >= 11 is 1.61. The summed E-state index contributed by atoms with van der Waals surface area (Å²) in [6, 6.07) is 7.37. The van der Waals surface area contributed by atoms with Crippen LogP contribution in [-0.2, 0) is 4.79 Å². The predicted molar refractivity (Wildman–Crippen MR) is 99.2 cm³/mol. The Balaban J connectivity index is 2.15. The van der Waals surface area contributed by atoms with E-state index >= 15 is 0 Å². The van der Waals surface area contributed by atoms with E-state index in [0.29, 0.717) is 16.7 Å². The third-order valence-electron chi connectivity index (χ3n) is 4.08. The lowest BCUT2D eigenvalue weighted by Crippen LogP contribution is -2.28. The number of rotatable bonds is 6. The van der Waals surface area contributed by atoms with Crippen molar-refractivity contribution in [3.05, 3.63) is 41.1 Å². The maximum Gasteiger partial charge on any atom is 0.227 e. The van der Waals surface area contributed by atoms with Gasteiger partial charge in [0.2, 0.25) is 11.1 Å². The van der Waals surface area contributed by atoms with Crippen LogP contribution in [0, 0.1) is 0 Å². The Morgan fingerprint density at radius 2 is 2.16 bits per heavy atom. The van der Waals surface area contributed by atoms with Crippen LogP contribution in [0.4, 0.5) is 5.95 Å². The lowest BCUT2D eigenvalue weighted by Gasteiger charge is -2.28. The molecule has 0 fully saturated rings. The summed E-state index contributed by atoms with van der Waals surface area (Å²) in [5.74, 6) is 2.33. The van der Waals surface area contributed by atoms with Crippen molar-refractivity contribution in [2.45, 2.75) is 38.4 Å². The number of benzene rings is 1. The molecule has 1 N–H and O–H groups in total. The van der Waals surface area contributed by atoms with Crippen LogP contribution < -0.4 is 10.1 Å². The molecule has 1 unspecified atom stereocenters. The molecule has 6 nitrogen and oxygen atoms in total. The molecule has 0 saturated carbocycles. The fourth-order valence-corrected chi connectivity index (χ4v) is 3.71. The molecule has 0 saturated heterocycles. The van der Waals surface area contributed by atoms with Gasteiger partial charge in [0.25, 0.3) is 0 Å². The topological polar surface area (TPSA) is 69.0 Å². The lowest BCUT2D eigenvalue weighted by molar-refractivity contribution is -0.114. The van der Waals surface area contributed by atoms with Crippen LogP contribution in [0.2, 0.25) is 0 Å². The predicted octanol–water partition coefficient (Wildman–Crippen LogP) is 3.67. The summed E-state index contributed by atoms with van der Waals surface area (Å²) in [5.41, 5.74) is 2.37. The minimum Gasteiger partial charge on any atom is -0.496 e. The fraction of sp³-hybridized carbons (Fsp3) is 0.389. The molecule has 1 aliphatic heterocycles. The maximum absolute atomic E-state index is 12.4. The van der Waals surface area contributed by atoms with Gasteiger partial charge in [0, 0.05) is 22.6 Å². The van der Waals surface area contributed by atoms with Gasteiger partial charge in [-0.2, -0.15) is 4.98 Å². The molecule has 0 amide bonds. The number of para-hydroxylation sites is 1. The number of carbonyl (C=O) groups excluding carboxylic acids is 1. The largest absolute Gasteiger partial charge is 0.496 e. The van der Waals surface area contributed by atoms with Crippen molar-refractivity contribution in [2.75, 3.05) is 18.2 Å². The average Bonchev–Trinajstić information content (AvgIpc) is 3.00. The van der Waals surface area contributed by atoms with Crippen molar-refractivity contribution in [2.24, 2.45) is 0 Å². The first-order valence-corrected chi connectivity index (χ1v) is 9.26. The quantitative estimate of drug-likeness (QED) is 0.795. The van der Waals surface area contributed by atoms with E-state index in [9.17, 15) is 4.79 Å². The van der Waals surface area contributed by atoms with Crippen molar-refractivity contribution < 1.29 is 9.53 Å². The highest BCUT2D eigenvalue weighted by Gasteiger charge is 2.34. The highest BCUT2D eigenvalue weighted by molar-refractivity contribution is 7.99. The van der Waals surface area contributed by atoms with Crippen molar-refractivity contribution >= 4 is 23.5 Å². The molecule has 2 heterocycles. The summed E-state index contributed by atoms with van der Waals surface area (Å²) in [5, 5.41) is 8.58. The van der Waals surface area contributed by atoms with Gasteiger partial charge in [0.15, 0.2) is 5.78 Å². The van der Waals surface area contributed by atoms with Gasteiger partial charge in [0.1, 0.15) is 11.8 Å².